The molecule has 0 saturated heterocycles. The number of halogens is 1. The first-order valence-corrected chi connectivity index (χ1v) is 8.34. The van der Waals surface area contributed by atoms with E-state index in [0.717, 1.165) is 10.9 Å². The normalized spacial score (nSPS) is 12.0. The molecule has 0 aliphatic carbocycles. The van der Waals surface area contributed by atoms with Crippen molar-refractivity contribution in [2.45, 2.75) is 4.90 Å². The Kier molecular flexibility index (Phi) is 3.88. The van der Waals surface area contributed by atoms with Gasteiger partial charge in [-0.25, -0.2) is 9.97 Å². The first-order valence-electron chi connectivity index (χ1n) is 6.40. The van der Waals surface area contributed by atoms with Gasteiger partial charge in [0.15, 0.2) is 0 Å². The van der Waals surface area contributed by atoms with E-state index in [4.69, 9.17) is 16.9 Å². The summed E-state index contributed by atoms with van der Waals surface area (Å²) in [5.74, 6) is 0. The highest BCUT2D eigenvalue weighted by atomic mass is 35.5. The number of benzene rings is 2. The van der Waals surface area contributed by atoms with Crippen molar-refractivity contribution >= 4 is 33.3 Å². The fraction of sp³-hybridized carbons (Fsp3) is 0.0625. The Morgan fingerprint density at radius 1 is 1.18 bits per heavy atom. The van der Waals surface area contributed by atoms with E-state index in [0.29, 0.717) is 21.7 Å². The zero-order chi connectivity index (χ0) is 15.7. The molecule has 0 N–H and O–H groups in total. The predicted octanol–water partition coefficient (Wildman–Crippen LogP) is 3.56. The highest BCUT2D eigenvalue weighted by molar-refractivity contribution is 7.84. The SMILES string of the molecule is CS(=O)c1ccccc1-c1nc(Cl)nc2cc(C#N)ccc12. The summed E-state index contributed by atoms with van der Waals surface area (Å²) in [6.45, 7) is 0. The minimum Gasteiger partial charge on any atom is -0.255 e. The molecule has 6 heteroatoms. The van der Waals surface area contributed by atoms with E-state index < -0.39 is 10.8 Å². The zero-order valence-corrected chi connectivity index (χ0v) is 13.1. The van der Waals surface area contributed by atoms with Gasteiger partial charge >= 0.3 is 0 Å². The van der Waals surface area contributed by atoms with Gasteiger partial charge in [-0.2, -0.15) is 5.26 Å². The number of nitriles is 1. The Hall–Kier alpha value is -2.29. The van der Waals surface area contributed by atoms with Gasteiger partial charge in [-0.15, -0.1) is 0 Å². The van der Waals surface area contributed by atoms with Crippen molar-refractivity contribution in [1.82, 2.24) is 9.97 Å². The Labute approximate surface area is 134 Å². The van der Waals surface area contributed by atoms with E-state index >= 15 is 0 Å². The van der Waals surface area contributed by atoms with Gasteiger partial charge in [-0.1, -0.05) is 18.2 Å². The second-order valence-electron chi connectivity index (χ2n) is 4.64. The number of hydrogen-bond donors (Lipinski definition) is 0. The quantitative estimate of drug-likeness (QED) is 0.675. The van der Waals surface area contributed by atoms with Gasteiger partial charge in [0, 0.05) is 22.1 Å². The summed E-state index contributed by atoms with van der Waals surface area (Å²) >= 11 is 6.02. The summed E-state index contributed by atoms with van der Waals surface area (Å²) in [4.78, 5) is 9.16. The first kappa shape index (κ1) is 14.6. The van der Waals surface area contributed by atoms with E-state index in [-0.39, 0.29) is 5.28 Å². The largest absolute Gasteiger partial charge is 0.255 e. The van der Waals surface area contributed by atoms with Crippen LogP contribution in [0.1, 0.15) is 5.56 Å². The van der Waals surface area contributed by atoms with Crippen LogP contribution in [0.15, 0.2) is 47.4 Å². The van der Waals surface area contributed by atoms with E-state index in [1.807, 2.05) is 18.2 Å². The van der Waals surface area contributed by atoms with E-state index in [2.05, 4.69) is 16.0 Å². The first-order chi connectivity index (χ1) is 10.6. The van der Waals surface area contributed by atoms with Crippen LogP contribution in [0.5, 0.6) is 0 Å². The van der Waals surface area contributed by atoms with E-state index in [9.17, 15) is 4.21 Å². The second-order valence-corrected chi connectivity index (χ2v) is 6.32. The van der Waals surface area contributed by atoms with Crippen LogP contribution in [-0.4, -0.2) is 20.4 Å². The van der Waals surface area contributed by atoms with Crippen LogP contribution < -0.4 is 0 Å². The average molecular weight is 328 g/mol. The maximum absolute atomic E-state index is 12.0. The number of rotatable bonds is 2. The maximum Gasteiger partial charge on any atom is 0.223 e. The molecule has 4 nitrogen and oxygen atoms in total. The highest BCUT2D eigenvalue weighted by Crippen LogP contribution is 2.31. The van der Waals surface area contributed by atoms with Crippen LogP contribution >= 0.6 is 11.6 Å². The van der Waals surface area contributed by atoms with Crippen molar-refractivity contribution in [2.75, 3.05) is 6.26 Å². The Balaban J connectivity index is 2.37. The van der Waals surface area contributed by atoms with Crippen LogP contribution in [0.4, 0.5) is 0 Å². The maximum atomic E-state index is 12.0. The summed E-state index contributed by atoms with van der Waals surface area (Å²) < 4.78 is 12.0. The molecule has 0 spiro atoms. The molecule has 0 aliphatic rings. The van der Waals surface area contributed by atoms with Crippen LogP contribution in [-0.2, 0) is 10.8 Å². The molecule has 22 heavy (non-hydrogen) atoms. The fourth-order valence-electron chi connectivity index (χ4n) is 2.29. The molecule has 0 saturated carbocycles. The van der Waals surface area contributed by atoms with Crippen LogP contribution in [0.25, 0.3) is 22.2 Å². The molecule has 1 atom stereocenters. The number of hydrogen-bond acceptors (Lipinski definition) is 4. The standard InChI is InChI=1S/C16H10ClN3OS/c1-22(21)14-5-3-2-4-12(14)15-11-7-6-10(9-18)8-13(11)19-16(17)20-15/h2-8H,1H3. The lowest BCUT2D eigenvalue weighted by molar-refractivity contribution is 0.687. The van der Waals surface area contributed by atoms with Gasteiger partial charge in [0.1, 0.15) is 0 Å². The lowest BCUT2D eigenvalue weighted by Gasteiger charge is -2.10. The second kappa shape index (κ2) is 5.84. The van der Waals surface area contributed by atoms with Crippen molar-refractivity contribution < 1.29 is 4.21 Å². The number of nitrogens with zero attached hydrogens (tertiary/aromatic N) is 3. The molecule has 1 unspecified atom stereocenters. The summed E-state index contributed by atoms with van der Waals surface area (Å²) in [5.41, 5.74) is 2.46. The number of fused-ring (bicyclic) bond motifs is 1. The summed E-state index contributed by atoms with van der Waals surface area (Å²) in [6, 6.07) is 14.6. The van der Waals surface area contributed by atoms with Crippen LogP contribution in [0, 0.1) is 11.3 Å². The highest BCUT2D eigenvalue weighted by Gasteiger charge is 2.14. The van der Waals surface area contributed by atoms with Crippen molar-refractivity contribution in [1.29, 1.82) is 5.26 Å². The monoisotopic (exact) mass is 327 g/mol. The molecule has 3 aromatic rings. The molecular weight excluding hydrogens is 318 g/mol. The third-order valence-electron chi connectivity index (χ3n) is 3.25. The Morgan fingerprint density at radius 3 is 2.68 bits per heavy atom. The van der Waals surface area contributed by atoms with Crippen molar-refractivity contribution in [2.24, 2.45) is 0 Å². The summed E-state index contributed by atoms with van der Waals surface area (Å²) in [6.07, 6.45) is 1.62. The zero-order valence-electron chi connectivity index (χ0n) is 11.6. The molecule has 0 amide bonds. The van der Waals surface area contributed by atoms with Gasteiger partial charge in [0.05, 0.1) is 33.6 Å². The molecule has 0 fully saturated rings. The van der Waals surface area contributed by atoms with Gasteiger partial charge in [-0.05, 0) is 35.9 Å². The third kappa shape index (κ3) is 2.59. The summed E-state index contributed by atoms with van der Waals surface area (Å²) in [5, 5.41) is 9.86. The van der Waals surface area contributed by atoms with Gasteiger partial charge in [-0.3, -0.25) is 4.21 Å². The molecule has 108 valence electrons. The van der Waals surface area contributed by atoms with Crippen LogP contribution in [0.2, 0.25) is 5.28 Å². The van der Waals surface area contributed by atoms with Gasteiger partial charge in [0.25, 0.3) is 0 Å². The lowest BCUT2D eigenvalue weighted by atomic mass is 10.1. The Morgan fingerprint density at radius 2 is 1.95 bits per heavy atom. The Bertz CT molecular complexity index is 950. The average Bonchev–Trinajstić information content (AvgIpc) is 2.53. The van der Waals surface area contributed by atoms with Crippen molar-refractivity contribution in [3.8, 4) is 17.3 Å². The smallest absolute Gasteiger partial charge is 0.223 e. The van der Waals surface area contributed by atoms with Crippen molar-refractivity contribution in [3.63, 3.8) is 0 Å². The molecule has 3 rings (SSSR count). The van der Waals surface area contributed by atoms with Crippen molar-refractivity contribution in [3.05, 3.63) is 53.3 Å². The molecule has 2 aromatic carbocycles. The predicted molar refractivity (Wildman–Crippen MR) is 87.0 cm³/mol. The van der Waals surface area contributed by atoms with E-state index in [1.165, 1.54) is 0 Å². The topological polar surface area (TPSA) is 66.6 Å². The molecule has 1 aromatic heterocycles. The minimum atomic E-state index is -1.15. The fourth-order valence-corrected chi connectivity index (χ4v) is 3.21. The van der Waals surface area contributed by atoms with E-state index in [1.54, 1.807) is 30.5 Å². The van der Waals surface area contributed by atoms with Gasteiger partial charge < -0.3 is 0 Å². The molecule has 0 radical (unpaired) electrons. The minimum absolute atomic E-state index is 0.0919. The summed E-state index contributed by atoms with van der Waals surface area (Å²) in [7, 11) is -1.15. The molecule has 1 heterocycles. The molecule has 0 bridgehead atoms. The van der Waals surface area contributed by atoms with Gasteiger partial charge in [0.2, 0.25) is 5.28 Å². The molecule has 0 aliphatic heterocycles. The van der Waals surface area contributed by atoms with Crippen LogP contribution in [0.3, 0.4) is 0 Å². The lowest BCUT2D eigenvalue weighted by Crippen LogP contribution is -1.97. The number of aromatic nitrogens is 2. The third-order valence-corrected chi connectivity index (χ3v) is 4.40. The molecular formula is C16H10ClN3OS.